The standard InChI is InChI=1S/C19H25BO5S/c1-18(2)19(3,4)25-20(24-18)17-15-9-7-6-8-14(15)10-11-16(17)23-12-13-26(5,21)22/h6-11H,12-13H2,1-5H3. The minimum Gasteiger partial charge on any atom is -0.493 e. The molecule has 5 nitrogen and oxygen atoms in total. The lowest BCUT2D eigenvalue weighted by molar-refractivity contribution is 0.00578. The zero-order valence-electron chi connectivity index (χ0n) is 15.9. The smallest absolute Gasteiger partial charge is 0.493 e. The first-order valence-electron chi connectivity index (χ1n) is 8.68. The van der Waals surface area contributed by atoms with Crippen LogP contribution in [0.4, 0.5) is 0 Å². The van der Waals surface area contributed by atoms with Crippen LogP contribution in [0.25, 0.3) is 10.8 Å². The molecule has 7 heteroatoms. The van der Waals surface area contributed by atoms with E-state index in [1.54, 1.807) is 0 Å². The van der Waals surface area contributed by atoms with E-state index in [1.165, 1.54) is 6.26 Å². The first-order valence-corrected chi connectivity index (χ1v) is 10.7. The second kappa shape index (κ2) is 6.55. The van der Waals surface area contributed by atoms with Gasteiger partial charge in [0.1, 0.15) is 12.4 Å². The molecule has 1 heterocycles. The zero-order valence-corrected chi connectivity index (χ0v) is 16.7. The second-order valence-corrected chi connectivity index (χ2v) is 10.0. The van der Waals surface area contributed by atoms with Gasteiger partial charge in [-0.3, -0.25) is 0 Å². The first kappa shape index (κ1) is 19.2. The Morgan fingerprint density at radius 3 is 2.23 bits per heavy atom. The maximum atomic E-state index is 11.4. The van der Waals surface area contributed by atoms with Crippen LogP contribution in [0.3, 0.4) is 0 Å². The SMILES string of the molecule is CC1(C)OB(c2c(OCCS(C)(=O)=O)ccc3ccccc23)OC1(C)C. The molecule has 0 atom stereocenters. The molecule has 2 aromatic carbocycles. The van der Waals surface area contributed by atoms with Crippen molar-refractivity contribution < 1.29 is 22.5 Å². The quantitative estimate of drug-likeness (QED) is 0.751. The number of ether oxygens (including phenoxy) is 1. The van der Waals surface area contributed by atoms with Gasteiger partial charge in [-0.1, -0.05) is 30.3 Å². The molecule has 0 spiro atoms. The number of benzene rings is 2. The van der Waals surface area contributed by atoms with Gasteiger partial charge in [0, 0.05) is 11.7 Å². The van der Waals surface area contributed by atoms with Crippen LogP contribution in [0, 0.1) is 0 Å². The third-order valence-electron chi connectivity index (χ3n) is 5.13. The fraction of sp³-hybridized carbons (Fsp3) is 0.474. The number of hydrogen-bond acceptors (Lipinski definition) is 5. The molecule has 1 fully saturated rings. The lowest BCUT2D eigenvalue weighted by Crippen LogP contribution is -2.41. The molecule has 0 amide bonds. The topological polar surface area (TPSA) is 61.8 Å². The van der Waals surface area contributed by atoms with Crippen molar-refractivity contribution in [3.8, 4) is 5.75 Å². The lowest BCUT2D eigenvalue weighted by atomic mass is 9.75. The Morgan fingerprint density at radius 1 is 1.00 bits per heavy atom. The Morgan fingerprint density at radius 2 is 1.62 bits per heavy atom. The fourth-order valence-corrected chi connectivity index (χ4v) is 3.29. The molecule has 1 saturated heterocycles. The summed E-state index contributed by atoms with van der Waals surface area (Å²) in [5.41, 5.74) is -0.146. The van der Waals surface area contributed by atoms with E-state index in [0.717, 1.165) is 16.2 Å². The minimum atomic E-state index is -3.09. The van der Waals surface area contributed by atoms with E-state index in [-0.39, 0.29) is 12.4 Å². The van der Waals surface area contributed by atoms with Crippen LogP contribution in [0.1, 0.15) is 27.7 Å². The molecular weight excluding hydrogens is 351 g/mol. The average molecular weight is 376 g/mol. The molecule has 1 aliphatic rings. The molecule has 1 aliphatic heterocycles. The van der Waals surface area contributed by atoms with E-state index >= 15 is 0 Å². The van der Waals surface area contributed by atoms with Gasteiger partial charge in [0.05, 0.1) is 17.0 Å². The molecule has 26 heavy (non-hydrogen) atoms. The summed E-state index contributed by atoms with van der Waals surface area (Å²) in [5.74, 6) is 0.550. The minimum absolute atomic E-state index is 0.0391. The van der Waals surface area contributed by atoms with E-state index in [0.29, 0.717) is 5.75 Å². The fourth-order valence-electron chi connectivity index (χ4n) is 2.91. The lowest BCUT2D eigenvalue weighted by Gasteiger charge is -2.32. The van der Waals surface area contributed by atoms with E-state index in [1.807, 2.05) is 64.1 Å². The molecule has 0 saturated carbocycles. The van der Waals surface area contributed by atoms with Crippen LogP contribution >= 0.6 is 0 Å². The highest BCUT2D eigenvalue weighted by atomic mass is 32.2. The summed E-state index contributed by atoms with van der Waals surface area (Å²) in [7, 11) is -3.68. The van der Waals surface area contributed by atoms with Crippen LogP contribution in [-0.2, 0) is 19.1 Å². The highest BCUT2D eigenvalue weighted by molar-refractivity contribution is 7.90. The van der Waals surface area contributed by atoms with Gasteiger partial charge >= 0.3 is 7.12 Å². The summed E-state index contributed by atoms with van der Waals surface area (Å²) < 4.78 is 41.1. The van der Waals surface area contributed by atoms with Gasteiger partial charge in [-0.25, -0.2) is 8.42 Å². The van der Waals surface area contributed by atoms with Crippen LogP contribution in [0.15, 0.2) is 36.4 Å². The molecule has 3 rings (SSSR count). The van der Waals surface area contributed by atoms with Crippen molar-refractivity contribution in [2.24, 2.45) is 0 Å². The Kier molecular flexibility index (Phi) is 4.84. The van der Waals surface area contributed by atoms with Crippen molar-refractivity contribution in [3.05, 3.63) is 36.4 Å². The van der Waals surface area contributed by atoms with Crippen molar-refractivity contribution in [2.75, 3.05) is 18.6 Å². The molecular formula is C19H25BO5S. The number of sulfone groups is 1. The second-order valence-electron chi connectivity index (χ2n) is 7.77. The average Bonchev–Trinajstić information content (AvgIpc) is 2.73. The molecule has 0 aromatic heterocycles. The molecule has 0 aliphatic carbocycles. The van der Waals surface area contributed by atoms with Crippen molar-refractivity contribution in [2.45, 2.75) is 38.9 Å². The van der Waals surface area contributed by atoms with Gasteiger partial charge in [-0.2, -0.15) is 0 Å². The monoisotopic (exact) mass is 376 g/mol. The largest absolute Gasteiger partial charge is 0.499 e. The third kappa shape index (κ3) is 3.75. The molecule has 2 aromatic rings. The maximum absolute atomic E-state index is 11.4. The predicted octanol–water partition coefficient (Wildman–Crippen LogP) is 2.56. The highest BCUT2D eigenvalue weighted by Gasteiger charge is 2.52. The molecule has 0 N–H and O–H groups in total. The van der Waals surface area contributed by atoms with Crippen molar-refractivity contribution in [3.63, 3.8) is 0 Å². The van der Waals surface area contributed by atoms with Gasteiger partial charge in [-0.05, 0) is 44.5 Å². The third-order valence-corrected chi connectivity index (χ3v) is 6.04. The summed E-state index contributed by atoms with van der Waals surface area (Å²) in [4.78, 5) is 0. The van der Waals surface area contributed by atoms with Crippen molar-refractivity contribution in [1.82, 2.24) is 0 Å². The summed E-state index contributed by atoms with van der Waals surface area (Å²) in [6, 6.07) is 11.8. The summed E-state index contributed by atoms with van der Waals surface area (Å²) in [5, 5.41) is 2.02. The van der Waals surface area contributed by atoms with Gasteiger partial charge in [-0.15, -0.1) is 0 Å². The molecule has 140 valence electrons. The number of rotatable bonds is 5. The molecule has 0 bridgehead atoms. The van der Waals surface area contributed by atoms with Crippen molar-refractivity contribution >= 4 is 33.2 Å². The van der Waals surface area contributed by atoms with E-state index < -0.39 is 28.2 Å². The Labute approximate surface area is 155 Å². The number of fused-ring (bicyclic) bond motifs is 1. The zero-order chi connectivity index (χ0) is 19.2. The van der Waals surface area contributed by atoms with Crippen LogP contribution < -0.4 is 10.2 Å². The maximum Gasteiger partial charge on any atom is 0.499 e. The van der Waals surface area contributed by atoms with Gasteiger partial charge in [0.15, 0.2) is 9.84 Å². The van der Waals surface area contributed by atoms with Crippen LogP contribution in [0.2, 0.25) is 0 Å². The molecule has 0 unspecified atom stereocenters. The normalized spacial score (nSPS) is 19.0. The van der Waals surface area contributed by atoms with Crippen molar-refractivity contribution in [1.29, 1.82) is 0 Å². The van der Waals surface area contributed by atoms with Gasteiger partial charge in [0.25, 0.3) is 0 Å². The Hall–Kier alpha value is -1.57. The predicted molar refractivity (Wildman–Crippen MR) is 105 cm³/mol. The van der Waals surface area contributed by atoms with Crippen LogP contribution in [0.5, 0.6) is 5.75 Å². The number of hydrogen-bond donors (Lipinski definition) is 0. The highest BCUT2D eigenvalue weighted by Crippen LogP contribution is 2.38. The van der Waals surface area contributed by atoms with Gasteiger partial charge in [0.2, 0.25) is 0 Å². The molecule has 0 radical (unpaired) electrons. The van der Waals surface area contributed by atoms with Gasteiger partial charge < -0.3 is 14.0 Å². The first-order chi connectivity index (χ1) is 12.0. The summed E-state index contributed by atoms with van der Waals surface area (Å²) in [6.45, 7) is 8.10. The van der Waals surface area contributed by atoms with E-state index in [9.17, 15) is 8.42 Å². The van der Waals surface area contributed by atoms with E-state index in [4.69, 9.17) is 14.0 Å². The Balaban J connectivity index is 2.02. The van der Waals surface area contributed by atoms with Crippen LogP contribution in [-0.4, -0.2) is 45.4 Å². The summed E-state index contributed by atoms with van der Waals surface area (Å²) in [6.07, 6.45) is 1.20. The Bertz CT molecular complexity index is 905. The summed E-state index contributed by atoms with van der Waals surface area (Å²) >= 11 is 0. The van der Waals surface area contributed by atoms with E-state index in [2.05, 4.69) is 0 Å².